The minimum Gasteiger partial charge on any atom is -0.492 e. The predicted molar refractivity (Wildman–Crippen MR) is 141 cm³/mol. The minimum absolute atomic E-state index is 0.185. The lowest BCUT2D eigenvalue weighted by molar-refractivity contribution is -0.117. The fourth-order valence-corrected chi connectivity index (χ4v) is 4.63. The van der Waals surface area contributed by atoms with Gasteiger partial charge in [0.05, 0.1) is 6.42 Å². The molecular formula is C30H34N2O2. The standard InChI is InChI=1S/C30H34N2O2/c1-5-27(24-14-17-28-25(20-24)21-29(33)32(28)6-2)30(22-10-8-7-9-11-22)23-12-15-26(16-13-23)34-19-18-31(3)4/h7-17,20H,5-6,18-19,21H2,1-4H3/b30-27+. The lowest BCUT2D eigenvalue weighted by Crippen LogP contribution is -2.25. The number of rotatable bonds is 9. The third kappa shape index (κ3) is 5.07. The molecule has 1 aliphatic heterocycles. The van der Waals surface area contributed by atoms with Gasteiger partial charge in [-0.15, -0.1) is 0 Å². The number of benzene rings is 3. The first-order valence-corrected chi connectivity index (χ1v) is 12.1. The molecule has 176 valence electrons. The first kappa shape index (κ1) is 23.8. The molecule has 3 aromatic carbocycles. The van der Waals surface area contributed by atoms with E-state index >= 15 is 0 Å². The SMILES string of the molecule is CC/C(=C(/c1ccccc1)c1ccc(OCCN(C)C)cc1)c1ccc2c(c1)CC(=O)N2CC. The van der Waals surface area contributed by atoms with Crippen molar-refractivity contribution < 1.29 is 9.53 Å². The van der Waals surface area contributed by atoms with E-state index in [0.29, 0.717) is 19.6 Å². The Bertz CT molecular complexity index is 1160. The number of anilines is 1. The van der Waals surface area contributed by atoms with Gasteiger partial charge in [-0.25, -0.2) is 0 Å². The van der Waals surface area contributed by atoms with Gasteiger partial charge < -0.3 is 14.5 Å². The summed E-state index contributed by atoms with van der Waals surface area (Å²) in [5.41, 5.74) is 8.19. The number of hydrogen-bond acceptors (Lipinski definition) is 3. The highest BCUT2D eigenvalue weighted by Gasteiger charge is 2.26. The zero-order valence-corrected chi connectivity index (χ0v) is 20.7. The first-order chi connectivity index (χ1) is 16.5. The zero-order valence-electron chi connectivity index (χ0n) is 20.7. The van der Waals surface area contributed by atoms with Gasteiger partial charge in [-0.05, 0) is 85.1 Å². The van der Waals surface area contributed by atoms with Crippen LogP contribution in [-0.2, 0) is 11.2 Å². The molecule has 34 heavy (non-hydrogen) atoms. The molecule has 4 heteroatoms. The molecule has 0 radical (unpaired) electrons. The van der Waals surface area contributed by atoms with Crippen LogP contribution in [0.2, 0.25) is 0 Å². The molecule has 0 saturated carbocycles. The van der Waals surface area contributed by atoms with Crippen LogP contribution in [0.4, 0.5) is 5.69 Å². The highest BCUT2D eigenvalue weighted by atomic mass is 16.5. The van der Waals surface area contributed by atoms with Crippen molar-refractivity contribution in [3.05, 3.63) is 95.1 Å². The third-order valence-corrected chi connectivity index (χ3v) is 6.35. The summed E-state index contributed by atoms with van der Waals surface area (Å²) in [6.07, 6.45) is 1.36. The van der Waals surface area contributed by atoms with Gasteiger partial charge in [0.1, 0.15) is 12.4 Å². The summed E-state index contributed by atoms with van der Waals surface area (Å²) < 4.78 is 5.92. The number of likely N-dealkylation sites (N-methyl/N-ethyl adjacent to an activating group) is 2. The summed E-state index contributed by atoms with van der Waals surface area (Å²) in [6.45, 7) is 6.48. The van der Waals surface area contributed by atoms with Crippen molar-refractivity contribution in [3.63, 3.8) is 0 Å². The van der Waals surface area contributed by atoms with E-state index in [1.54, 1.807) is 0 Å². The van der Waals surface area contributed by atoms with Gasteiger partial charge in [0.2, 0.25) is 5.91 Å². The maximum Gasteiger partial charge on any atom is 0.231 e. The molecule has 0 aromatic heterocycles. The van der Waals surface area contributed by atoms with Crippen LogP contribution < -0.4 is 9.64 Å². The molecular weight excluding hydrogens is 420 g/mol. The number of ether oxygens (including phenoxy) is 1. The number of carbonyl (C=O) groups excluding carboxylic acids is 1. The quantitative estimate of drug-likeness (QED) is 0.377. The monoisotopic (exact) mass is 454 g/mol. The largest absolute Gasteiger partial charge is 0.492 e. The van der Waals surface area contributed by atoms with Crippen LogP contribution in [0.25, 0.3) is 11.1 Å². The Morgan fingerprint density at radius 3 is 2.24 bits per heavy atom. The van der Waals surface area contributed by atoms with Gasteiger partial charge in [-0.3, -0.25) is 4.79 Å². The molecule has 4 nitrogen and oxygen atoms in total. The molecule has 0 spiro atoms. The molecule has 1 aliphatic rings. The minimum atomic E-state index is 0.185. The van der Waals surface area contributed by atoms with E-state index in [4.69, 9.17) is 4.74 Å². The summed E-state index contributed by atoms with van der Waals surface area (Å²) in [6, 6.07) is 25.5. The van der Waals surface area contributed by atoms with Crippen LogP contribution in [-0.4, -0.2) is 44.6 Å². The van der Waals surface area contributed by atoms with Crippen LogP contribution in [0.1, 0.15) is 42.5 Å². The molecule has 0 fully saturated rings. The molecule has 4 rings (SSSR count). The lowest BCUT2D eigenvalue weighted by atomic mass is 9.87. The Kier molecular flexibility index (Phi) is 7.49. The van der Waals surface area contributed by atoms with Gasteiger partial charge in [0, 0.05) is 18.8 Å². The molecule has 0 atom stereocenters. The molecule has 0 saturated heterocycles. The van der Waals surface area contributed by atoms with Gasteiger partial charge >= 0.3 is 0 Å². The molecule has 1 heterocycles. The average Bonchev–Trinajstić information content (AvgIpc) is 3.17. The van der Waals surface area contributed by atoms with Crippen LogP contribution in [0.5, 0.6) is 5.75 Å². The summed E-state index contributed by atoms with van der Waals surface area (Å²) in [5.74, 6) is 1.07. The van der Waals surface area contributed by atoms with Crippen LogP contribution in [0, 0.1) is 0 Å². The molecule has 0 aliphatic carbocycles. The Balaban J connectivity index is 1.75. The Hall–Kier alpha value is -3.37. The van der Waals surface area contributed by atoms with Crippen molar-refractivity contribution in [1.82, 2.24) is 4.90 Å². The number of fused-ring (bicyclic) bond motifs is 1. The van der Waals surface area contributed by atoms with E-state index in [9.17, 15) is 4.79 Å². The number of allylic oxidation sites excluding steroid dienone is 1. The molecule has 1 amide bonds. The van der Waals surface area contributed by atoms with E-state index in [0.717, 1.165) is 35.5 Å². The number of amides is 1. The maximum absolute atomic E-state index is 12.4. The van der Waals surface area contributed by atoms with Crippen LogP contribution in [0.15, 0.2) is 72.8 Å². The van der Waals surface area contributed by atoms with Crippen molar-refractivity contribution >= 4 is 22.7 Å². The van der Waals surface area contributed by atoms with Crippen molar-refractivity contribution in [2.75, 3.05) is 38.7 Å². The van der Waals surface area contributed by atoms with Gasteiger partial charge in [0.25, 0.3) is 0 Å². The second kappa shape index (κ2) is 10.7. The Morgan fingerprint density at radius 2 is 1.59 bits per heavy atom. The summed E-state index contributed by atoms with van der Waals surface area (Å²) in [4.78, 5) is 16.4. The zero-order chi connectivity index (χ0) is 24.1. The predicted octanol–water partition coefficient (Wildman–Crippen LogP) is 5.91. The number of nitrogens with zero attached hydrogens (tertiary/aromatic N) is 2. The highest BCUT2D eigenvalue weighted by Crippen LogP contribution is 2.38. The molecule has 0 unspecified atom stereocenters. The maximum atomic E-state index is 12.4. The number of carbonyl (C=O) groups is 1. The summed E-state index contributed by atoms with van der Waals surface area (Å²) in [5, 5.41) is 0. The van der Waals surface area contributed by atoms with E-state index in [1.807, 2.05) is 25.9 Å². The second-order valence-electron chi connectivity index (χ2n) is 8.91. The third-order valence-electron chi connectivity index (χ3n) is 6.35. The molecule has 0 bridgehead atoms. The average molecular weight is 455 g/mol. The molecule has 0 N–H and O–H groups in total. The first-order valence-electron chi connectivity index (χ1n) is 12.1. The van der Waals surface area contributed by atoms with Crippen LogP contribution >= 0.6 is 0 Å². The Labute approximate surface area is 203 Å². The van der Waals surface area contributed by atoms with E-state index in [2.05, 4.69) is 84.6 Å². The summed E-state index contributed by atoms with van der Waals surface area (Å²) >= 11 is 0. The van der Waals surface area contributed by atoms with Crippen molar-refractivity contribution in [2.24, 2.45) is 0 Å². The topological polar surface area (TPSA) is 32.8 Å². The second-order valence-corrected chi connectivity index (χ2v) is 8.91. The van der Waals surface area contributed by atoms with Gasteiger partial charge in [-0.1, -0.05) is 55.5 Å². The fourth-order valence-electron chi connectivity index (χ4n) is 4.63. The fraction of sp³-hybridized carbons (Fsp3) is 0.300. The highest BCUT2D eigenvalue weighted by molar-refractivity contribution is 6.03. The molecule has 3 aromatic rings. The van der Waals surface area contributed by atoms with E-state index in [1.165, 1.54) is 22.3 Å². The van der Waals surface area contributed by atoms with E-state index in [-0.39, 0.29) is 5.91 Å². The van der Waals surface area contributed by atoms with Crippen LogP contribution in [0.3, 0.4) is 0 Å². The van der Waals surface area contributed by atoms with E-state index < -0.39 is 0 Å². The normalized spacial score (nSPS) is 13.8. The summed E-state index contributed by atoms with van der Waals surface area (Å²) in [7, 11) is 4.09. The van der Waals surface area contributed by atoms with Crippen molar-refractivity contribution in [1.29, 1.82) is 0 Å². The lowest BCUT2D eigenvalue weighted by Gasteiger charge is -2.19. The van der Waals surface area contributed by atoms with Crippen molar-refractivity contribution in [3.8, 4) is 5.75 Å². The Morgan fingerprint density at radius 1 is 0.912 bits per heavy atom. The van der Waals surface area contributed by atoms with Gasteiger partial charge in [0.15, 0.2) is 0 Å². The van der Waals surface area contributed by atoms with Gasteiger partial charge in [-0.2, -0.15) is 0 Å². The number of hydrogen-bond donors (Lipinski definition) is 0. The van der Waals surface area contributed by atoms with Crippen molar-refractivity contribution in [2.45, 2.75) is 26.7 Å². The smallest absolute Gasteiger partial charge is 0.231 e.